The third-order valence-corrected chi connectivity index (χ3v) is 5.41. The summed E-state index contributed by atoms with van der Waals surface area (Å²) in [5.74, 6) is -1.04. The quantitative estimate of drug-likeness (QED) is 0.507. The molecule has 27 heavy (non-hydrogen) atoms. The Kier molecular flexibility index (Phi) is 5.37. The van der Waals surface area contributed by atoms with Crippen LogP contribution >= 0.6 is 11.3 Å². The number of carbonyl (C=O) groups excluding carboxylic acids is 2. The molecule has 5 nitrogen and oxygen atoms in total. The van der Waals surface area contributed by atoms with Crippen LogP contribution in [0.1, 0.15) is 31.8 Å². The fraction of sp³-hybridized carbons (Fsp3) is 0.190. The monoisotopic (exact) mass is 380 g/mol. The van der Waals surface area contributed by atoms with Crippen molar-refractivity contribution in [1.82, 2.24) is 4.57 Å². The molecule has 0 aliphatic heterocycles. The van der Waals surface area contributed by atoms with E-state index >= 15 is 0 Å². The molecule has 0 aliphatic rings. The fourth-order valence-electron chi connectivity index (χ4n) is 2.82. The van der Waals surface area contributed by atoms with Crippen LogP contribution in [0.25, 0.3) is 10.2 Å². The lowest BCUT2D eigenvalue weighted by Crippen LogP contribution is -2.17. The van der Waals surface area contributed by atoms with Gasteiger partial charge in [-0.15, -0.1) is 6.58 Å². The first-order valence-electron chi connectivity index (χ1n) is 8.44. The zero-order valence-electron chi connectivity index (χ0n) is 15.5. The molecule has 2 aromatic carbocycles. The van der Waals surface area contributed by atoms with E-state index in [1.807, 2.05) is 4.57 Å². The first kappa shape index (κ1) is 18.8. The van der Waals surface area contributed by atoms with Gasteiger partial charge in [-0.2, -0.15) is 4.99 Å². The van der Waals surface area contributed by atoms with Crippen molar-refractivity contribution in [3.05, 3.63) is 76.1 Å². The molecule has 3 rings (SSSR count). The van der Waals surface area contributed by atoms with Gasteiger partial charge in [0, 0.05) is 6.54 Å². The average molecular weight is 380 g/mol. The van der Waals surface area contributed by atoms with Gasteiger partial charge in [0.25, 0.3) is 5.91 Å². The number of aromatic nitrogens is 1. The van der Waals surface area contributed by atoms with Gasteiger partial charge in [-0.05, 0) is 49.2 Å². The minimum atomic E-state index is -0.560. The predicted molar refractivity (Wildman–Crippen MR) is 107 cm³/mol. The third-order valence-electron chi connectivity index (χ3n) is 4.37. The number of allylic oxidation sites excluding steroid dienone is 1. The number of rotatable bonds is 4. The van der Waals surface area contributed by atoms with Crippen LogP contribution in [0.2, 0.25) is 0 Å². The maximum Gasteiger partial charge on any atom is 0.338 e. The second-order valence-corrected chi connectivity index (χ2v) is 7.15. The number of nitrogens with zero attached hydrogens (tertiary/aromatic N) is 2. The van der Waals surface area contributed by atoms with Crippen LogP contribution in [0.4, 0.5) is 0 Å². The van der Waals surface area contributed by atoms with Gasteiger partial charge < -0.3 is 9.30 Å². The van der Waals surface area contributed by atoms with Crippen LogP contribution in [0.3, 0.4) is 0 Å². The molecule has 0 saturated heterocycles. The van der Waals surface area contributed by atoms with Crippen molar-refractivity contribution < 1.29 is 14.3 Å². The maximum absolute atomic E-state index is 12.8. The number of hydrogen-bond donors (Lipinski definition) is 0. The molecule has 6 heteroatoms. The van der Waals surface area contributed by atoms with E-state index in [-0.39, 0.29) is 11.1 Å². The summed E-state index contributed by atoms with van der Waals surface area (Å²) in [4.78, 5) is 29.6. The number of thiazole rings is 1. The number of esters is 1. The van der Waals surface area contributed by atoms with Crippen LogP contribution < -0.4 is 4.80 Å². The number of ether oxygens (including phenoxy) is 1. The van der Waals surface area contributed by atoms with E-state index in [2.05, 4.69) is 37.6 Å². The molecule has 0 fully saturated rings. The number of amides is 1. The standard InChI is InChI=1S/C21H20N2O3S/c1-5-10-23-17-11-13(2)14(3)12-18(17)27-21(23)22-19(24)15-8-6-7-9-16(15)20(25)26-4/h5-9,11-12H,1,10H2,2-4H3. The van der Waals surface area contributed by atoms with Crippen LogP contribution in [-0.4, -0.2) is 23.6 Å². The van der Waals surface area contributed by atoms with E-state index in [0.717, 1.165) is 10.2 Å². The molecule has 0 N–H and O–H groups in total. The molecule has 3 aromatic rings. The lowest BCUT2D eigenvalue weighted by Gasteiger charge is -2.05. The van der Waals surface area contributed by atoms with Gasteiger partial charge in [0.15, 0.2) is 4.80 Å². The lowest BCUT2D eigenvalue weighted by molar-refractivity contribution is 0.0597. The van der Waals surface area contributed by atoms with Crippen molar-refractivity contribution in [2.24, 2.45) is 4.99 Å². The number of hydrogen-bond acceptors (Lipinski definition) is 4. The molecule has 0 atom stereocenters. The second-order valence-electron chi connectivity index (χ2n) is 6.14. The Labute approximate surface area is 161 Å². The minimum absolute atomic E-state index is 0.205. The molecule has 138 valence electrons. The molecular weight excluding hydrogens is 360 g/mol. The second kappa shape index (κ2) is 7.72. The molecule has 0 spiro atoms. The molecule has 1 amide bonds. The van der Waals surface area contributed by atoms with E-state index in [1.165, 1.54) is 29.6 Å². The Morgan fingerprint density at radius 3 is 2.52 bits per heavy atom. The summed E-state index contributed by atoms with van der Waals surface area (Å²) >= 11 is 1.44. The van der Waals surface area contributed by atoms with Crippen molar-refractivity contribution in [2.45, 2.75) is 20.4 Å². The maximum atomic E-state index is 12.8. The Hall–Kier alpha value is -2.99. The largest absolute Gasteiger partial charge is 0.465 e. The Bertz CT molecular complexity index is 1120. The van der Waals surface area contributed by atoms with Gasteiger partial charge in [-0.1, -0.05) is 29.5 Å². The summed E-state index contributed by atoms with van der Waals surface area (Å²) in [6.45, 7) is 8.45. The predicted octanol–water partition coefficient (Wildman–Crippen LogP) is 4.03. The fourth-order valence-corrected chi connectivity index (χ4v) is 3.93. The molecule has 0 saturated carbocycles. The molecule has 0 bridgehead atoms. The molecule has 1 aromatic heterocycles. The highest BCUT2D eigenvalue weighted by Crippen LogP contribution is 2.22. The lowest BCUT2D eigenvalue weighted by atomic mass is 10.1. The number of benzene rings is 2. The van der Waals surface area contributed by atoms with Gasteiger partial charge in [0.2, 0.25) is 0 Å². The van der Waals surface area contributed by atoms with Gasteiger partial charge in [0.1, 0.15) is 0 Å². The summed E-state index contributed by atoms with van der Waals surface area (Å²) < 4.78 is 7.77. The Morgan fingerprint density at radius 1 is 1.19 bits per heavy atom. The first-order valence-corrected chi connectivity index (χ1v) is 9.25. The highest BCUT2D eigenvalue weighted by molar-refractivity contribution is 7.16. The van der Waals surface area contributed by atoms with Crippen molar-refractivity contribution in [1.29, 1.82) is 0 Å². The van der Waals surface area contributed by atoms with Gasteiger partial charge in [-0.25, -0.2) is 4.79 Å². The van der Waals surface area contributed by atoms with Crippen LogP contribution in [0, 0.1) is 13.8 Å². The number of methoxy groups -OCH3 is 1. The first-order chi connectivity index (χ1) is 13.0. The Morgan fingerprint density at radius 2 is 1.85 bits per heavy atom. The topological polar surface area (TPSA) is 60.7 Å². The zero-order valence-corrected chi connectivity index (χ0v) is 16.3. The van der Waals surface area contributed by atoms with E-state index in [1.54, 1.807) is 30.3 Å². The van der Waals surface area contributed by atoms with E-state index in [0.29, 0.717) is 11.3 Å². The molecule has 1 heterocycles. The van der Waals surface area contributed by atoms with Crippen LogP contribution in [-0.2, 0) is 11.3 Å². The Balaban J connectivity index is 2.19. The summed E-state index contributed by atoms with van der Waals surface area (Å²) in [5.41, 5.74) is 3.79. The van der Waals surface area contributed by atoms with Gasteiger partial charge >= 0.3 is 5.97 Å². The normalized spacial score (nSPS) is 11.6. The smallest absolute Gasteiger partial charge is 0.338 e. The van der Waals surface area contributed by atoms with E-state index in [9.17, 15) is 9.59 Å². The summed E-state index contributed by atoms with van der Waals surface area (Å²) in [6.07, 6.45) is 1.77. The summed E-state index contributed by atoms with van der Waals surface area (Å²) in [7, 11) is 1.29. The molecule has 0 aliphatic carbocycles. The number of carbonyl (C=O) groups is 2. The highest BCUT2D eigenvalue weighted by Gasteiger charge is 2.17. The van der Waals surface area contributed by atoms with Crippen molar-refractivity contribution in [3.63, 3.8) is 0 Å². The van der Waals surface area contributed by atoms with Gasteiger partial charge in [-0.3, -0.25) is 4.79 Å². The average Bonchev–Trinajstić information content (AvgIpc) is 2.98. The van der Waals surface area contributed by atoms with Crippen molar-refractivity contribution in [3.8, 4) is 0 Å². The van der Waals surface area contributed by atoms with E-state index in [4.69, 9.17) is 4.74 Å². The minimum Gasteiger partial charge on any atom is -0.465 e. The SMILES string of the molecule is C=CCn1c(=NC(=O)c2ccccc2C(=O)OC)sc2cc(C)c(C)cc21. The van der Waals surface area contributed by atoms with Crippen molar-refractivity contribution in [2.75, 3.05) is 7.11 Å². The van der Waals surface area contributed by atoms with Crippen LogP contribution in [0.5, 0.6) is 0 Å². The number of fused-ring (bicyclic) bond motifs is 1. The summed E-state index contributed by atoms with van der Waals surface area (Å²) in [5, 5.41) is 0. The van der Waals surface area contributed by atoms with Crippen molar-refractivity contribution >= 4 is 33.4 Å². The molecule has 0 unspecified atom stereocenters. The van der Waals surface area contributed by atoms with Crippen LogP contribution in [0.15, 0.2) is 54.0 Å². The number of aryl methyl sites for hydroxylation is 2. The van der Waals surface area contributed by atoms with E-state index < -0.39 is 11.9 Å². The molecule has 0 radical (unpaired) electrons. The molecular formula is C21H20N2O3S. The third kappa shape index (κ3) is 3.61. The highest BCUT2D eigenvalue weighted by atomic mass is 32.1. The van der Waals surface area contributed by atoms with Gasteiger partial charge in [0.05, 0.1) is 28.5 Å². The summed E-state index contributed by atoms with van der Waals surface area (Å²) in [6, 6.07) is 10.7. The zero-order chi connectivity index (χ0) is 19.6.